The Hall–Kier alpha value is -2.82. The summed E-state index contributed by atoms with van der Waals surface area (Å²) in [7, 11) is 1.75. The molecule has 0 spiro atoms. The fourth-order valence-electron chi connectivity index (χ4n) is 3.03. The van der Waals surface area contributed by atoms with E-state index in [-0.39, 0.29) is 12.5 Å². The molecule has 0 aliphatic carbocycles. The Kier molecular flexibility index (Phi) is 5.67. The van der Waals surface area contributed by atoms with Gasteiger partial charge in [0.05, 0.1) is 6.54 Å². The SMILES string of the molecule is CN=C(NCC(=O)NCc1ccccc1)N1CCc2ccccc2C1. The number of nitrogens with one attached hydrogen (secondary N) is 2. The highest BCUT2D eigenvalue weighted by molar-refractivity contribution is 5.86. The van der Waals surface area contributed by atoms with Crippen LogP contribution in [0.5, 0.6) is 0 Å². The predicted molar refractivity (Wildman–Crippen MR) is 100 cm³/mol. The van der Waals surface area contributed by atoms with Gasteiger partial charge in [-0.3, -0.25) is 9.79 Å². The van der Waals surface area contributed by atoms with Crippen LogP contribution in [-0.2, 0) is 24.3 Å². The second-order valence-electron chi connectivity index (χ2n) is 6.10. The van der Waals surface area contributed by atoms with Crippen LogP contribution in [0.3, 0.4) is 0 Å². The topological polar surface area (TPSA) is 56.7 Å². The number of guanidine groups is 1. The summed E-state index contributed by atoms with van der Waals surface area (Å²) in [6.07, 6.45) is 0.997. The Bertz CT molecular complexity index is 742. The van der Waals surface area contributed by atoms with Crippen molar-refractivity contribution >= 4 is 11.9 Å². The minimum absolute atomic E-state index is 0.0394. The van der Waals surface area contributed by atoms with Gasteiger partial charge >= 0.3 is 0 Å². The highest BCUT2D eigenvalue weighted by atomic mass is 16.1. The van der Waals surface area contributed by atoms with Gasteiger partial charge in [-0.15, -0.1) is 0 Å². The van der Waals surface area contributed by atoms with Gasteiger partial charge in [0, 0.05) is 26.7 Å². The molecule has 0 radical (unpaired) electrons. The van der Waals surface area contributed by atoms with Crippen LogP contribution >= 0.6 is 0 Å². The summed E-state index contributed by atoms with van der Waals surface area (Å²) >= 11 is 0. The van der Waals surface area contributed by atoms with Gasteiger partial charge in [-0.2, -0.15) is 0 Å². The van der Waals surface area contributed by atoms with E-state index in [1.54, 1.807) is 7.05 Å². The number of carbonyl (C=O) groups is 1. The zero-order chi connectivity index (χ0) is 17.5. The largest absolute Gasteiger partial charge is 0.350 e. The second-order valence-corrected chi connectivity index (χ2v) is 6.10. The smallest absolute Gasteiger partial charge is 0.239 e. The number of fused-ring (bicyclic) bond motifs is 1. The number of hydrogen-bond donors (Lipinski definition) is 2. The highest BCUT2D eigenvalue weighted by Gasteiger charge is 2.18. The molecule has 2 aromatic rings. The third-order valence-electron chi connectivity index (χ3n) is 4.38. The first-order chi connectivity index (χ1) is 12.3. The highest BCUT2D eigenvalue weighted by Crippen LogP contribution is 2.18. The molecular weight excluding hydrogens is 312 g/mol. The van der Waals surface area contributed by atoms with Gasteiger partial charge in [0.15, 0.2) is 5.96 Å². The van der Waals surface area contributed by atoms with E-state index >= 15 is 0 Å². The molecule has 0 aromatic heterocycles. The minimum atomic E-state index is -0.0394. The van der Waals surface area contributed by atoms with Crippen molar-refractivity contribution in [1.29, 1.82) is 0 Å². The summed E-state index contributed by atoms with van der Waals surface area (Å²) < 4.78 is 0. The monoisotopic (exact) mass is 336 g/mol. The van der Waals surface area contributed by atoms with Crippen LogP contribution in [0.15, 0.2) is 59.6 Å². The Balaban J connectivity index is 1.49. The van der Waals surface area contributed by atoms with Crippen LogP contribution in [0, 0.1) is 0 Å². The summed E-state index contributed by atoms with van der Waals surface area (Å²) in [6.45, 7) is 2.48. The van der Waals surface area contributed by atoms with Crippen LogP contribution in [0.25, 0.3) is 0 Å². The summed E-state index contributed by atoms with van der Waals surface area (Å²) in [5.74, 6) is 0.728. The van der Waals surface area contributed by atoms with Crippen LogP contribution in [0.2, 0.25) is 0 Å². The Morgan fingerprint density at radius 1 is 1.04 bits per heavy atom. The van der Waals surface area contributed by atoms with E-state index in [9.17, 15) is 4.79 Å². The van der Waals surface area contributed by atoms with Crippen LogP contribution in [0.4, 0.5) is 0 Å². The number of aliphatic imine (C=N–C) groups is 1. The van der Waals surface area contributed by atoms with Crippen molar-refractivity contribution in [1.82, 2.24) is 15.5 Å². The first-order valence-electron chi connectivity index (χ1n) is 8.59. The molecule has 1 aliphatic rings. The quantitative estimate of drug-likeness (QED) is 0.663. The lowest BCUT2D eigenvalue weighted by Crippen LogP contribution is -2.47. The molecule has 1 aliphatic heterocycles. The Morgan fingerprint density at radius 3 is 2.52 bits per heavy atom. The van der Waals surface area contributed by atoms with Crippen molar-refractivity contribution in [2.24, 2.45) is 4.99 Å². The molecule has 5 heteroatoms. The van der Waals surface area contributed by atoms with Crippen molar-refractivity contribution in [2.45, 2.75) is 19.5 Å². The molecule has 3 rings (SSSR count). The summed E-state index contributed by atoms with van der Waals surface area (Å²) in [4.78, 5) is 18.6. The maximum absolute atomic E-state index is 12.1. The average Bonchev–Trinajstić information content (AvgIpc) is 2.67. The van der Waals surface area contributed by atoms with E-state index in [2.05, 4.69) is 44.8 Å². The normalized spacial score (nSPS) is 14.0. The molecule has 0 unspecified atom stereocenters. The average molecular weight is 336 g/mol. The molecule has 0 saturated heterocycles. The number of rotatable bonds is 4. The van der Waals surface area contributed by atoms with Gasteiger partial charge in [0.25, 0.3) is 0 Å². The molecule has 130 valence electrons. The maximum atomic E-state index is 12.1. The van der Waals surface area contributed by atoms with Crippen LogP contribution in [-0.4, -0.2) is 36.9 Å². The minimum Gasteiger partial charge on any atom is -0.350 e. The third-order valence-corrected chi connectivity index (χ3v) is 4.38. The number of carbonyl (C=O) groups excluding carboxylic acids is 1. The van der Waals surface area contributed by atoms with E-state index in [4.69, 9.17) is 0 Å². The van der Waals surface area contributed by atoms with Gasteiger partial charge in [-0.1, -0.05) is 54.6 Å². The summed E-state index contributed by atoms with van der Waals surface area (Å²) in [6, 6.07) is 18.4. The van der Waals surface area contributed by atoms with E-state index in [1.807, 2.05) is 30.3 Å². The van der Waals surface area contributed by atoms with Crippen molar-refractivity contribution < 1.29 is 4.79 Å². The molecule has 1 amide bonds. The summed E-state index contributed by atoms with van der Waals surface area (Å²) in [5, 5.41) is 6.09. The van der Waals surface area contributed by atoms with Crippen molar-refractivity contribution in [3.05, 3.63) is 71.3 Å². The lowest BCUT2D eigenvalue weighted by atomic mass is 10.0. The maximum Gasteiger partial charge on any atom is 0.239 e. The van der Waals surface area contributed by atoms with Gasteiger partial charge in [-0.05, 0) is 23.1 Å². The Morgan fingerprint density at radius 2 is 1.76 bits per heavy atom. The fourth-order valence-corrected chi connectivity index (χ4v) is 3.03. The molecular formula is C20H24N4O. The number of nitrogens with zero attached hydrogens (tertiary/aromatic N) is 2. The van der Waals surface area contributed by atoms with Crippen molar-refractivity contribution in [2.75, 3.05) is 20.1 Å². The van der Waals surface area contributed by atoms with Crippen LogP contribution < -0.4 is 10.6 Å². The van der Waals surface area contributed by atoms with Gasteiger partial charge in [-0.25, -0.2) is 0 Å². The summed E-state index contributed by atoms with van der Waals surface area (Å²) in [5.41, 5.74) is 3.81. The lowest BCUT2D eigenvalue weighted by molar-refractivity contribution is -0.120. The Labute approximate surface area is 148 Å². The van der Waals surface area contributed by atoms with E-state index in [1.165, 1.54) is 11.1 Å². The molecule has 0 atom stereocenters. The van der Waals surface area contributed by atoms with E-state index in [0.717, 1.165) is 31.0 Å². The lowest BCUT2D eigenvalue weighted by Gasteiger charge is -2.31. The van der Waals surface area contributed by atoms with Gasteiger partial charge in [0.2, 0.25) is 5.91 Å². The molecule has 2 aromatic carbocycles. The number of hydrogen-bond acceptors (Lipinski definition) is 2. The van der Waals surface area contributed by atoms with Gasteiger partial charge in [0.1, 0.15) is 0 Å². The molecule has 1 heterocycles. The van der Waals surface area contributed by atoms with E-state index < -0.39 is 0 Å². The van der Waals surface area contributed by atoms with Crippen LogP contribution in [0.1, 0.15) is 16.7 Å². The second kappa shape index (κ2) is 8.33. The molecule has 25 heavy (non-hydrogen) atoms. The first kappa shape index (κ1) is 17.0. The van der Waals surface area contributed by atoms with Crippen molar-refractivity contribution in [3.8, 4) is 0 Å². The van der Waals surface area contributed by atoms with Crippen molar-refractivity contribution in [3.63, 3.8) is 0 Å². The predicted octanol–water partition coefficient (Wildman–Crippen LogP) is 1.94. The molecule has 0 saturated carbocycles. The number of amides is 1. The zero-order valence-corrected chi connectivity index (χ0v) is 14.5. The molecule has 5 nitrogen and oxygen atoms in total. The number of benzene rings is 2. The first-order valence-corrected chi connectivity index (χ1v) is 8.59. The fraction of sp³-hybridized carbons (Fsp3) is 0.300. The molecule has 2 N–H and O–H groups in total. The van der Waals surface area contributed by atoms with E-state index in [0.29, 0.717) is 6.54 Å². The standard InChI is InChI=1S/C20H24N4O/c1-21-20(24-12-11-17-9-5-6-10-18(17)15-24)23-14-19(25)22-13-16-7-3-2-4-8-16/h2-10H,11-15H2,1H3,(H,21,23)(H,22,25). The zero-order valence-electron chi connectivity index (χ0n) is 14.5. The molecule has 0 bridgehead atoms. The third kappa shape index (κ3) is 4.59. The molecule has 0 fully saturated rings. The van der Waals surface area contributed by atoms with Gasteiger partial charge < -0.3 is 15.5 Å².